The van der Waals surface area contributed by atoms with Crippen molar-refractivity contribution in [3.63, 3.8) is 0 Å². The molecule has 0 saturated carbocycles. The second-order valence-corrected chi connectivity index (χ2v) is 5.39. The van der Waals surface area contributed by atoms with Gasteiger partial charge in [0, 0.05) is 32.3 Å². The Morgan fingerprint density at radius 2 is 2.29 bits per heavy atom. The third-order valence-corrected chi connectivity index (χ3v) is 2.99. The number of methoxy groups -OCH3 is 1. The second kappa shape index (κ2) is 9.47. The van der Waals surface area contributed by atoms with E-state index in [0.29, 0.717) is 32.2 Å². The molecule has 1 N–H and O–H groups in total. The maximum Gasteiger partial charge on any atom is 0.141 e. The van der Waals surface area contributed by atoms with Crippen LogP contribution in [0.15, 0.2) is 24.9 Å². The third-order valence-electron chi connectivity index (χ3n) is 2.99. The van der Waals surface area contributed by atoms with Gasteiger partial charge >= 0.3 is 0 Å². The Kier molecular flexibility index (Phi) is 7.93. The Morgan fingerprint density at radius 3 is 2.90 bits per heavy atom. The van der Waals surface area contributed by atoms with Crippen molar-refractivity contribution in [1.29, 1.82) is 0 Å². The summed E-state index contributed by atoms with van der Waals surface area (Å²) in [7, 11) is 1.66. The van der Waals surface area contributed by atoms with E-state index in [9.17, 15) is 4.39 Å². The second-order valence-electron chi connectivity index (χ2n) is 5.39. The summed E-state index contributed by atoms with van der Waals surface area (Å²) in [5, 5.41) is 3.33. The standard InChI is InChI=1S/C16H26FN3O/c1-5-6-20(7-8-21-4)16-14(9-15(17)12-19-16)11-18-10-13(2)3/h5,9,12-13,18H,1,6-8,10-11H2,2-4H3. The van der Waals surface area contributed by atoms with Crippen LogP contribution in [-0.4, -0.2) is 38.3 Å². The van der Waals surface area contributed by atoms with E-state index in [1.165, 1.54) is 6.20 Å². The van der Waals surface area contributed by atoms with Crippen LogP contribution in [0.5, 0.6) is 0 Å². The summed E-state index contributed by atoms with van der Waals surface area (Å²) >= 11 is 0. The van der Waals surface area contributed by atoms with Gasteiger partial charge in [-0.15, -0.1) is 6.58 Å². The summed E-state index contributed by atoms with van der Waals surface area (Å²) in [6, 6.07) is 1.54. The molecule has 5 heteroatoms. The van der Waals surface area contributed by atoms with Crippen molar-refractivity contribution in [2.45, 2.75) is 20.4 Å². The highest BCUT2D eigenvalue weighted by atomic mass is 19.1. The predicted octanol–water partition coefficient (Wildman–Crippen LogP) is 2.61. The van der Waals surface area contributed by atoms with Gasteiger partial charge in [-0.25, -0.2) is 9.37 Å². The van der Waals surface area contributed by atoms with Gasteiger partial charge in [0.1, 0.15) is 11.6 Å². The average Bonchev–Trinajstić information content (AvgIpc) is 2.43. The lowest BCUT2D eigenvalue weighted by Gasteiger charge is -2.24. The molecule has 0 spiro atoms. The molecule has 0 fully saturated rings. The number of anilines is 1. The van der Waals surface area contributed by atoms with E-state index in [1.54, 1.807) is 13.2 Å². The van der Waals surface area contributed by atoms with Crippen LogP contribution in [0.25, 0.3) is 0 Å². The zero-order valence-electron chi connectivity index (χ0n) is 13.2. The SMILES string of the molecule is C=CCN(CCOC)c1ncc(F)cc1CNCC(C)C. The van der Waals surface area contributed by atoms with E-state index < -0.39 is 0 Å². The van der Waals surface area contributed by atoms with Crippen LogP contribution in [0.1, 0.15) is 19.4 Å². The number of halogens is 1. The van der Waals surface area contributed by atoms with E-state index in [-0.39, 0.29) is 5.82 Å². The van der Waals surface area contributed by atoms with Crippen LogP contribution < -0.4 is 10.2 Å². The highest BCUT2D eigenvalue weighted by molar-refractivity contribution is 5.47. The maximum atomic E-state index is 13.5. The molecule has 0 aliphatic heterocycles. The molecule has 0 atom stereocenters. The first-order valence-electron chi connectivity index (χ1n) is 7.28. The van der Waals surface area contributed by atoms with E-state index in [2.05, 4.69) is 30.7 Å². The lowest BCUT2D eigenvalue weighted by molar-refractivity contribution is 0.205. The van der Waals surface area contributed by atoms with Crippen molar-refractivity contribution in [3.8, 4) is 0 Å². The quantitative estimate of drug-likeness (QED) is 0.673. The summed E-state index contributed by atoms with van der Waals surface area (Å²) in [5.74, 6) is 1.02. The van der Waals surface area contributed by atoms with Gasteiger partial charge < -0.3 is 15.0 Å². The van der Waals surface area contributed by atoms with Gasteiger partial charge in [0.05, 0.1) is 12.8 Å². The molecule has 0 unspecified atom stereocenters. The number of hydrogen-bond donors (Lipinski definition) is 1. The molecule has 118 valence electrons. The lowest BCUT2D eigenvalue weighted by Crippen LogP contribution is -2.30. The minimum Gasteiger partial charge on any atom is -0.383 e. The Bertz CT molecular complexity index is 438. The van der Waals surface area contributed by atoms with Crippen molar-refractivity contribution in [3.05, 3.63) is 36.3 Å². The number of ether oxygens (including phenoxy) is 1. The summed E-state index contributed by atoms with van der Waals surface area (Å²) in [6.45, 7) is 11.5. The highest BCUT2D eigenvalue weighted by Gasteiger charge is 2.13. The van der Waals surface area contributed by atoms with E-state index in [0.717, 1.165) is 17.9 Å². The topological polar surface area (TPSA) is 37.4 Å². The van der Waals surface area contributed by atoms with Crippen LogP contribution in [0, 0.1) is 11.7 Å². The fraction of sp³-hybridized carbons (Fsp3) is 0.562. The predicted molar refractivity (Wildman–Crippen MR) is 85.0 cm³/mol. The molecule has 0 aliphatic rings. The Hall–Kier alpha value is -1.46. The minimum atomic E-state index is -0.314. The molecule has 0 aromatic carbocycles. The first-order valence-corrected chi connectivity index (χ1v) is 7.28. The van der Waals surface area contributed by atoms with Crippen molar-refractivity contribution < 1.29 is 9.13 Å². The molecular weight excluding hydrogens is 269 g/mol. The highest BCUT2D eigenvalue weighted by Crippen LogP contribution is 2.18. The van der Waals surface area contributed by atoms with Gasteiger partial charge in [0.25, 0.3) is 0 Å². The van der Waals surface area contributed by atoms with Crippen molar-refractivity contribution in [2.24, 2.45) is 5.92 Å². The molecule has 1 heterocycles. The Balaban J connectivity index is 2.88. The number of rotatable bonds is 10. The Labute approximate surface area is 127 Å². The summed E-state index contributed by atoms with van der Waals surface area (Å²) < 4.78 is 18.6. The van der Waals surface area contributed by atoms with Crippen molar-refractivity contribution in [1.82, 2.24) is 10.3 Å². The van der Waals surface area contributed by atoms with Crippen molar-refractivity contribution in [2.75, 3.05) is 38.3 Å². The zero-order valence-corrected chi connectivity index (χ0v) is 13.2. The monoisotopic (exact) mass is 295 g/mol. The molecule has 0 saturated heterocycles. The first kappa shape index (κ1) is 17.6. The number of nitrogens with zero attached hydrogens (tertiary/aromatic N) is 2. The minimum absolute atomic E-state index is 0.314. The summed E-state index contributed by atoms with van der Waals surface area (Å²) in [4.78, 5) is 6.30. The molecule has 1 rings (SSSR count). The third kappa shape index (κ3) is 6.23. The zero-order chi connectivity index (χ0) is 15.7. The van der Waals surface area contributed by atoms with Gasteiger partial charge in [-0.1, -0.05) is 19.9 Å². The van der Waals surface area contributed by atoms with Gasteiger partial charge in [0.2, 0.25) is 0 Å². The molecule has 4 nitrogen and oxygen atoms in total. The molecular formula is C16H26FN3O. The largest absolute Gasteiger partial charge is 0.383 e. The molecule has 21 heavy (non-hydrogen) atoms. The number of pyridine rings is 1. The van der Waals surface area contributed by atoms with Gasteiger partial charge in [-0.2, -0.15) is 0 Å². The van der Waals surface area contributed by atoms with Gasteiger partial charge in [-0.3, -0.25) is 0 Å². The van der Waals surface area contributed by atoms with Crippen LogP contribution in [0.2, 0.25) is 0 Å². The van der Waals surface area contributed by atoms with E-state index >= 15 is 0 Å². The molecule has 0 bridgehead atoms. The summed E-state index contributed by atoms with van der Waals surface area (Å²) in [5.41, 5.74) is 0.855. The molecule has 0 amide bonds. The normalized spacial score (nSPS) is 10.9. The van der Waals surface area contributed by atoms with E-state index in [4.69, 9.17) is 4.74 Å². The van der Waals surface area contributed by atoms with Crippen LogP contribution in [-0.2, 0) is 11.3 Å². The molecule has 0 aliphatic carbocycles. The van der Waals surface area contributed by atoms with Crippen molar-refractivity contribution >= 4 is 5.82 Å². The van der Waals surface area contributed by atoms with Gasteiger partial charge in [-0.05, 0) is 18.5 Å². The number of aromatic nitrogens is 1. The number of hydrogen-bond acceptors (Lipinski definition) is 4. The first-order chi connectivity index (χ1) is 10.1. The molecule has 1 aromatic heterocycles. The maximum absolute atomic E-state index is 13.5. The summed E-state index contributed by atoms with van der Waals surface area (Å²) in [6.07, 6.45) is 3.07. The van der Waals surface area contributed by atoms with Crippen LogP contribution >= 0.6 is 0 Å². The van der Waals surface area contributed by atoms with Gasteiger partial charge in [0.15, 0.2) is 0 Å². The molecule has 0 radical (unpaired) electrons. The average molecular weight is 295 g/mol. The molecule has 1 aromatic rings. The fourth-order valence-electron chi connectivity index (χ4n) is 2.03. The van der Waals surface area contributed by atoms with Crippen LogP contribution in [0.3, 0.4) is 0 Å². The smallest absolute Gasteiger partial charge is 0.141 e. The van der Waals surface area contributed by atoms with Crippen LogP contribution in [0.4, 0.5) is 10.2 Å². The lowest BCUT2D eigenvalue weighted by atomic mass is 10.2. The fourth-order valence-corrected chi connectivity index (χ4v) is 2.03. The number of nitrogens with one attached hydrogen (secondary N) is 1. The Morgan fingerprint density at radius 1 is 1.52 bits per heavy atom. The van der Waals surface area contributed by atoms with E-state index in [1.807, 2.05) is 11.0 Å².